The number of carbonyl (C=O) groups excluding carboxylic acids is 1. The Morgan fingerprint density at radius 2 is 1.93 bits per heavy atom. The van der Waals surface area contributed by atoms with Gasteiger partial charge >= 0.3 is 0 Å². The molecule has 5 N–H and O–H groups in total. The molecule has 0 aliphatic heterocycles. The van der Waals surface area contributed by atoms with Gasteiger partial charge in [-0.25, -0.2) is 14.4 Å². The van der Waals surface area contributed by atoms with Gasteiger partial charge in [0.15, 0.2) is 17.5 Å². The molecule has 0 saturated carbocycles. The lowest BCUT2D eigenvalue weighted by Crippen LogP contribution is -2.13. The minimum absolute atomic E-state index is 0.0205. The van der Waals surface area contributed by atoms with E-state index in [4.69, 9.17) is 11.5 Å². The number of amides is 1. The number of rotatable bonds is 5. The summed E-state index contributed by atoms with van der Waals surface area (Å²) in [4.78, 5) is 24.0. The number of thioether (sulfide) groups is 1. The van der Waals surface area contributed by atoms with Crippen LogP contribution in [0, 0.1) is 5.82 Å². The van der Waals surface area contributed by atoms with E-state index < -0.39 is 0 Å². The highest BCUT2D eigenvalue weighted by Crippen LogP contribution is 2.27. The highest BCUT2D eigenvalue weighted by atomic mass is 32.2. The van der Waals surface area contributed by atoms with Crippen molar-refractivity contribution in [2.45, 2.75) is 13.5 Å². The fourth-order valence-corrected chi connectivity index (χ4v) is 3.39. The van der Waals surface area contributed by atoms with E-state index in [-0.39, 0.29) is 41.4 Å². The van der Waals surface area contributed by atoms with E-state index in [0.29, 0.717) is 22.0 Å². The van der Waals surface area contributed by atoms with Crippen molar-refractivity contribution in [3.63, 3.8) is 0 Å². The summed E-state index contributed by atoms with van der Waals surface area (Å²) in [6.45, 7) is 1.52. The second kappa shape index (κ2) is 8.91. The molecule has 3 aromatic rings. The number of hydrogen-bond donors (Lipinski definition) is 3. The Morgan fingerprint density at radius 3 is 2.50 bits per heavy atom. The average Bonchev–Trinajstić information content (AvgIpc) is 3.11. The Morgan fingerprint density at radius 1 is 1.27 bits per heavy atom. The molecule has 156 valence electrons. The molecule has 11 heteroatoms. The largest absolute Gasteiger partial charge is 0.382 e. The molecular weight excluding hydrogens is 407 g/mol. The molecular formula is C19H21FN8OS. The SMILES string of the molecule is CN=C(SC)c1cc(-c2nc(N)c(NC(C)=O)c(N)n2)nn1Cc1ccccc1F. The normalized spacial score (nSPS) is 11.5. The van der Waals surface area contributed by atoms with Gasteiger partial charge in [0.2, 0.25) is 5.91 Å². The van der Waals surface area contributed by atoms with Gasteiger partial charge in [0.05, 0.1) is 12.2 Å². The van der Waals surface area contributed by atoms with Crippen LogP contribution in [-0.4, -0.2) is 44.0 Å². The molecule has 0 aliphatic carbocycles. The molecule has 0 spiro atoms. The van der Waals surface area contributed by atoms with Gasteiger partial charge in [-0.3, -0.25) is 14.5 Å². The van der Waals surface area contributed by atoms with Gasteiger partial charge in [0.25, 0.3) is 0 Å². The summed E-state index contributed by atoms with van der Waals surface area (Å²) >= 11 is 1.43. The van der Waals surface area contributed by atoms with Crippen LogP contribution in [0.3, 0.4) is 0 Å². The van der Waals surface area contributed by atoms with E-state index in [0.717, 1.165) is 0 Å². The highest BCUT2D eigenvalue weighted by molar-refractivity contribution is 8.13. The van der Waals surface area contributed by atoms with Crippen LogP contribution in [0.4, 0.5) is 21.7 Å². The van der Waals surface area contributed by atoms with Crippen molar-refractivity contribution in [2.24, 2.45) is 4.99 Å². The standard InChI is InChI=1S/C19H21FN8OS/c1-10(29)24-15-16(21)25-18(26-17(15)22)13-8-14(19(23-2)30-3)28(27-13)9-11-6-4-5-7-12(11)20/h4-8H,9H2,1-3H3,(H,24,29)(H4,21,22,25,26). The highest BCUT2D eigenvalue weighted by Gasteiger charge is 2.19. The first-order valence-corrected chi connectivity index (χ1v) is 10.1. The number of hydrogen-bond acceptors (Lipinski definition) is 8. The molecule has 1 aromatic carbocycles. The third kappa shape index (κ3) is 4.40. The van der Waals surface area contributed by atoms with Gasteiger partial charge < -0.3 is 16.8 Å². The summed E-state index contributed by atoms with van der Waals surface area (Å²) in [7, 11) is 1.67. The Kier molecular flexibility index (Phi) is 6.31. The number of nitrogens with one attached hydrogen (secondary N) is 1. The number of halogens is 1. The van der Waals surface area contributed by atoms with Gasteiger partial charge in [0, 0.05) is 19.5 Å². The Bertz CT molecular complexity index is 1100. The maximum absolute atomic E-state index is 14.2. The van der Waals surface area contributed by atoms with E-state index in [1.54, 1.807) is 36.0 Å². The number of nitrogens with zero attached hydrogens (tertiary/aromatic N) is 5. The monoisotopic (exact) mass is 428 g/mol. The molecule has 2 heterocycles. The first-order valence-electron chi connectivity index (χ1n) is 8.87. The molecule has 0 unspecified atom stereocenters. The maximum Gasteiger partial charge on any atom is 0.221 e. The van der Waals surface area contributed by atoms with Gasteiger partial charge in [-0.05, 0) is 18.4 Å². The minimum atomic E-state index is -0.343. The second-order valence-corrected chi connectivity index (χ2v) is 7.07. The van der Waals surface area contributed by atoms with E-state index in [9.17, 15) is 9.18 Å². The summed E-state index contributed by atoms with van der Waals surface area (Å²) in [5.74, 6) is -0.447. The number of aromatic nitrogens is 4. The van der Waals surface area contributed by atoms with Crippen LogP contribution in [0.2, 0.25) is 0 Å². The average molecular weight is 428 g/mol. The number of aliphatic imine (C=N–C) groups is 1. The first-order chi connectivity index (χ1) is 14.3. The first kappa shape index (κ1) is 21.2. The van der Waals surface area contributed by atoms with Gasteiger partial charge in [-0.2, -0.15) is 5.10 Å². The van der Waals surface area contributed by atoms with E-state index in [1.165, 1.54) is 24.8 Å². The van der Waals surface area contributed by atoms with Gasteiger partial charge in [-0.1, -0.05) is 18.2 Å². The molecule has 0 aliphatic rings. The summed E-state index contributed by atoms with van der Waals surface area (Å²) in [6.07, 6.45) is 1.89. The third-order valence-electron chi connectivity index (χ3n) is 4.17. The second-order valence-electron chi connectivity index (χ2n) is 6.27. The number of benzene rings is 1. The molecule has 9 nitrogen and oxygen atoms in total. The zero-order chi connectivity index (χ0) is 21.8. The molecule has 1 amide bonds. The fraction of sp³-hybridized carbons (Fsp3) is 0.211. The number of anilines is 3. The molecule has 0 bridgehead atoms. The Labute approximate surface area is 176 Å². The molecule has 3 rings (SSSR count). The van der Waals surface area contributed by atoms with Crippen LogP contribution in [0.25, 0.3) is 11.5 Å². The van der Waals surface area contributed by atoms with Crippen LogP contribution in [0.15, 0.2) is 35.3 Å². The predicted octanol–water partition coefficient (Wildman–Crippen LogP) is 2.39. The molecule has 30 heavy (non-hydrogen) atoms. The number of carbonyl (C=O) groups is 1. The molecule has 2 aromatic heterocycles. The zero-order valence-electron chi connectivity index (χ0n) is 16.7. The quantitative estimate of drug-likeness (QED) is 0.419. The van der Waals surface area contributed by atoms with Gasteiger partial charge in [0.1, 0.15) is 22.2 Å². The summed E-state index contributed by atoms with van der Waals surface area (Å²) in [6, 6.07) is 8.22. The smallest absolute Gasteiger partial charge is 0.221 e. The molecule has 0 atom stereocenters. The lowest BCUT2D eigenvalue weighted by molar-refractivity contribution is -0.114. The summed E-state index contributed by atoms with van der Waals surface area (Å²) in [5.41, 5.74) is 13.6. The summed E-state index contributed by atoms with van der Waals surface area (Å²) in [5, 5.41) is 7.76. The van der Waals surface area contributed by atoms with Crippen molar-refractivity contribution >= 4 is 40.0 Å². The van der Waals surface area contributed by atoms with Crippen molar-refractivity contribution < 1.29 is 9.18 Å². The van der Waals surface area contributed by atoms with Crippen LogP contribution in [0.1, 0.15) is 18.2 Å². The van der Waals surface area contributed by atoms with E-state index >= 15 is 0 Å². The van der Waals surface area contributed by atoms with Gasteiger partial charge in [-0.15, -0.1) is 11.8 Å². The number of nitrogens with two attached hydrogens (primary N) is 2. The van der Waals surface area contributed by atoms with E-state index in [1.807, 2.05) is 6.26 Å². The lowest BCUT2D eigenvalue weighted by atomic mass is 10.2. The number of nitrogen functional groups attached to an aromatic ring is 2. The Hall–Kier alpha value is -3.47. The van der Waals surface area contributed by atoms with Crippen LogP contribution in [-0.2, 0) is 11.3 Å². The Balaban J connectivity index is 2.08. The van der Waals surface area contributed by atoms with Crippen molar-refractivity contribution in [1.82, 2.24) is 19.7 Å². The molecule has 0 radical (unpaired) electrons. The topological polar surface area (TPSA) is 137 Å². The maximum atomic E-state index is 14.2. The minimum Gasteiger partial charge on any atom is -0.382 e. The summed E-state index contributed by atoms with van der Waals surface area (Å²) < 4.78 is 15.8. The van der Waals surface area contributed by atoms with E-state index in [2.05, 4.69) is 25.4 Å². The van der Waals surface area contributed by atoms with Crippen LogP contribution >= 0.6 is 11.8 Å². The third-order valence-corrected chi connectivity index (χ3v) is 4.95. The lowest BCUT2D eigenvalue weighted by Gasteiger charge is -2.09. The van der Waals surface area contributed by atoms with Crippen molar-refractivity contribution in [1.29, 1.82) is 0 Å². The fourth-order valence-electron chi connectivity index (χ4n) is 2.83. The molecule has 0 fully saturated rings. The van der Waals surface area contributed by atoms with Crippen molar-refractivity contribution in [2.75, 3.05) is 30.1 Å². The predicted molar refractivity (Wildman–Crippen MR) is 118 cm³/mol. The van der Waals surface area contributed by atoms with Crippen LogP contribution < -0.4 is 16.8 Å². The van der Waals surface area contributed by atoms with Crippen molar-refractivity contribution in [3.05, 3.63) is 47.4 Å². The zero-order valence-corrected chi connectivity index (χ0v) is 17.5. The van der Waals surface area contributed by atoms with Crippen LogP contribution in [0.5, 0.6) is 0 Å². The molecule has 0 saturated heterocycles. The van der Waals surface area contributed by atoms with Crippen molar-refractivity contribution in [3.8, 4) is 11.5 Å².